The van der Waals surface area contributed by atoms with Crippen molar-refractivity contribution in [1.82, 2.24) is 10.6 Å². The lowest BCUT2D eigenvalue weighted by Crippen LogP contribution is -2.36. The van der Waals surface area contributed by atoms with Crippen LogP contribution in [0.5, 0.6) is 5.75 Å². The van der Waals surface area contributed by atoms with Crippen molar-refractivity contribution in [2.45, 2.75) is 26.4 Å². The first-order chi connectivity index (χ1) is 13.7. The molecule has 0 radical (unpaired) electrons. The predicted octanol–water partition coefficient (Wildman–Crippen LogP) is 4.05. The molecule has 5 heteroatoms. The van der Waals surface area contributed by atoms with Gasteiger partial charge in [-0.1, -0.05) is 30.3 Å². The lowest BCUT2D eigenvalue weighted by atomic mass is 9.98. The van der Waals surface area contributed by atoms with Crippen molar-refractivity contribution < 1.29 is 13.9 Å². The Balaban J connectivity index is 1.49. The average molecular weight is 378 g/mol. The predicted molar refractivity (Wildman–Crippen MR) is 110 cm³/mol. The number of fused-ring (bicyclic) bond motifs is 1. The second kappa shape index (κ2) is 8.48. The zero-order valence-corrected chi connectivity index (χ0v) is 16.2. The van der Waals surface area contributed by atoms with Crippen LogP contribution in [0.15, 0.2) is 52.9 Å². The van der Waals surface area contributed by atoms with E-state index in [4.69, 9.17) is 9.15 Å². The fraction of sp³-hybridized carbons (Fsp3) is 0.348. The van der Waals surface area contributed by atoms with Gasteiger partial charge in [-0.25, -0.2) is 0 Å². The van der Waals surface area contributed by atoms with Crippen LogP contribution in [-0.4, -0.2) is 25.5 Å². The third-order valence-electron chi connectivity index (χ3n) is 5.32. The summed E-state index contributed by atoms with van der Waals surface area (Å²) in [6.45, 7) is 5.08. The molecule has 28 heavy (non-hydrogen) atoms. The smallest absolute Gasteiger partial charge is 0.255 e. The fourth-order valence-corrected chi connectivity index (χ4v) is 3.72. The summed E-state index contributed by atoms with van der Waals surface area (Å²) < 4.78 is 11.7. The number of carbonyl (C=O) groups excluding carboxylic acids is 1. The van der Waals surface area contributed by atoms with Crippen molar-refractivity contribution in [3.8, 4) is 5.75 Å². The van der Waals surface area contributed by atoms with Crippen molar-refractivity contribution in [1.29, 1.82) is 0 Å². The highest BCUT2D eigenvalue weighted by Gasteiger charge is 2.20. The second-order valence-corrected chi connectivity index (χ2v) is 7.37. The largest absolute Gasteiger partial charge is 0.489 e. The van der Waals surface area contributed by atoms with Gasteiger partial charge in [0.2, 0.25) is 0 Å². The molecule has 0 saturated carbocycles. The van der Waals surface area contributed by atoms with Gasteiger partial charge in [-0.3, -0.25) is 4.79 Å². The van der Waals surface area contributed by atoms with E-state index < -0.39 is 0 Å². The van der Waals surface area contributed by atoms with Crippen LogP contribution in [0.4, 0.5) is 0 Å². The Morgan fingerprint density at radius 2 is 1.96 bits per heavy atom. The molecule has 2 aromatic carbocycles. The molecule has 1 saturated heterocycles. The molecule has 0 bridgehead atoms. The summed E-state index contributed by atoms with van der Waals surface area (Å²) in [5, 5.41) is 7.25. The Kier molecular flexibility index (Phi) is 5.63. The molecule has 146 valence electrons. The first-order valence-corrected chi connectivity index (χ1v) is 9.89. The van der Waals surface area contributed by atoms with Gasteiger partial charge in [0.25, 0.3) is 5.91 Å². The van der Waals surface area contributed by atoms with Crippen LogP contribution in [0.1, 0.15) is 34.5 Å². The highest BCUT2D eigenvalue weighted by Crippen LogP contribution is 2.29. The number of benzene rings is 2. The first-order valence-electron chi connectivity index (χ1n) is 9.89. The third-order valence-corrected chi connectivity index (χ3v) is 5.32. The molecule has 1 aliphatic rings. The second-order valence-electron chi connectivity index (χ2n) is 7.37. The normalized spacial score (nSPS) is 14.9. The zero-order valence-electron chi connectivity index (χ0n) is 16.2. The number of carbonyl (C=O) groups is 1. The Hall–Kier alpha value is -2.79. The maximum atomic E-state index is 12.8. The molecule has 0 atom stereocenters. The Labute approximate surface area is 165 Å². The molecular formula is C23H26N2O3. The standard InChI is InChI=1S/C23H26N2O3/c1-16-22(23(26)25-14-17-9-11-24-12-10-17)20-13-19(7-8-21(20)28-16)27-15-18-5-3-2-4-6-18/h2-8,13,17,24H,9-12,14-15H2,1H3,(H,25,26). The van der Waals surface area contributed by atoms with E-state index in [9.17, 15) is 4.79 Å². The molecule has 0 aliphatic carbocycles. The van der Waals surface area contributed by atoms with Gasteiger partial charge < -0.3 is 19.8 Å². The highest BCUT2D eigenvalue weighted by molar-refractivity contribution is 6.07. The first kappa shape index (κ1) is 18.6. The van der Waals surface area contributed by atoms with E-state index in [1.165, 1.54) is 0 Å². The summed E-state index contributed by atoms with van der Waals surface area (Å²) in [4.78, 5) is 12.8. The molecule has 1 aromatic heterocycles. The maximum absolute atomic E-state index is 12.8. The van der Waals surface area contributed by atoms with Crippen molar-refractivity contribution in [2.24, 2.45) is 5.92 Å². The number of piperidine rings is 1. The van der Waals surface area contributed by atoms with Crippen LogP contribution in [0.25, 0.3) is 11.0 Å². The van der Waals surface area contributed by atoms with Crippen LogP contribution < -0.4 is 15.4 Å². The van der Waals surface area contributed by atoms with Crippen LogP contribution >= 0.6 is 0 Å². The SMILES string of the molecule is Cc1oc2ccc(OCc3ccccc3)cc2c1C(=O)NCC1CCNCC1. The van der Waals surface area contributed by atoms with Gasteiger partial charge in [0.15, 0.2) is 0 Å². The van der Waals surface area contributed by atoms with Gasteiger partial charge in [0.05, 0.1) is 5.56 Å². The van der Waals surface area contributed by atoms with Gasteiger partial charge in [0, 0.05) is 11.9 Å². The number of aryl methyl sites for hydroxylation is 1. The summed E-state index contributed by atoms with van der Waals surface area (Å²) in [5.74, 6) is 1.83. The van der Waals surface area contributed by atoms with Gasteiger partial charge >= 0.3 is 0 Å². The molecule has 0 spiro atoms. The molecule has 5 nitrogen and oxygen atoms in total. The van der Waals surface area contributed by atoms with Crippen molar-refractivity contribution in [3.63, 3.8) is 0 Å². The summed E-state index contributed by atoms with van der Waals surface area (Å²) in [7, 11) is 0. The number of ether oxygens (including phenoxy) is 1. The van der Waals surface area contributed by atoms with Crippen molar-refractivity contribution >= 4 is 16.9 Å². The molecule has 3 aromatic rings. The van der Waals surface area contributed by atoms with E-state index in [1.807, 2.05) is 55.5 Å². The average Bonchev–Trinajstić information content (AvgIpc) is 3.07. The summed E-state index contributed by atoms with van der Waals surface area (Å²) in [5.41, 5.74) is 2.41. The summed E-state index contributed by atoms with van der Waals surface area (Å²) in [6.07, 6.45) is 2.20. The maximum Gasteiger partial charge on any atom is 0.255 e. The van der Waals surface area contributed by atoms with E-state index in [2.05, 4.69) is 10.6 Å². The lowest BCUT2D eigenvalue weighted by Gasteiger charge is -2.22. The minimum absolute atomic E-state index is 0.0741. The Morgan fingerprint density at radius 1 is 1.18 bits per heavy atom. The van der Waals surface area contributed by atoms with Crippen molar-refractivity contribution in [3.05, 3.63) is 65.4 Å². The molecule has 0 unspecified atom stereocenters. The van der Waals surface area contributed by atoms with E-state index in [-0.39, 0.29) is 5.91 Å². The molecule has 1 amide bonds. The van der Waals surface area contributed by atoms with Gasteiger partial charge in [0.1, 0.15) is 23.7 Å². The Morgan fingerprint density at radius 3 is 2.75 bits per heavy atom. The number of rotatable bonds is 6. The third kappa shape index (κ3) is 4.20. The summed E-state index contributed by atoms with van der Waals surface area (Å²) >= 11 is 0. The van der Waals surface area contributed by atoms with Crippen molar-refractivity contribution in [2.75, 3.05) is 19.6 Å². The Bertz CT molecular complexity index is 943. The molecule has 1 fully saturated rings. The fourth-order valence-electron chi connectivity index (χ4n) is 3.72. The van der Waals surface area contributed by atoms with Gasteiger partial charge in [-0.2, -0.15) is 0 Å². The minimum atomic E-state index is -0.0741. The van der Waals surface area contributed by atoms with E-state index in [0.29, 0.717) is 36.0 Å². The van der Waals surface area contributed by atoms with E-state index >= 15 is 0 Å². The van der Waals surface area contributed by atoms with E-state index in [1.54, 1.807) is 0 Å². The van der Waals surface area contributed by atoms with Gasteiger partial charge in [-0.05, 0) is 62.5 Å². The van der Waals surface area contributed by atoms with Crippen LogP contribution in [0.3, 0.4) is 0 Å². The number of hydrogen-bond donors (Lipinski definition) is 2. The number of hydrogen-bond acceptors (Lipinski definition) is 4. The molecule has 1 aliphatic heterocycles. The van der Waals surface area contributed by atoms with Crippen LogP contribution in [0, 0.1) is 12.8 Å². The quantitative estimate of drug-likeness (QED) is 0.679. The number of amides is 1. The minimum Gasteiger partial charge on any atom is -0.489 e. The number of nitrogens with one attached hydrogen (secondary N) is 2. The molecule has 2 heterocycles. The molecule has 2 N–H and O–H groups in total. The van der Waals surface area contributed by atoms with Crippen LogP contribution in [0.2, 0.25) is 0 Å². The lowest BCUT2D eigenvalue weighted by molar-refractivity contribution is 0.0944. The van der Waals surface area contributed by atoms with E-state index in [0.717, 1.165) is 42.6 Å². The number of furan rings is 1. The summed E-state index contributed by atoms with van der Waals surface area (Å²) in [6, 6.07) is 15.7. The topological polar surface area (TPSA) is 63.5 Å². The zero-order chi connectivity index (χ0) is 19.3. The highest BCUT2D eigenvalue weighted by atomic mass is 16.5. The molecule has 4 rings (SSSR count). The van der Waals surface area contributed by atoms with Gasteiger partial charge in [-0.15, -0.1) is 0 Å². The van der Waals surface area contributed by atoms with Crippen LogP contribution in [-0.2, 0) is 6.61 Å². The monoisotopic (exact) mass is 378 g/mol. The molecular weight excluding hydrogens is 352 g/mol.